The molecule has 0 aliphatic heterocycles. The normalized spacial score (nSPS) is 14.0. The van der Waals surface area contributed by atoms with Crippen LogP contribution in [0.25, 0.3) is 10.4 Å². The van der Waals surface area contributed by atoms with Crippen LogP contribution in [0.15, 0.2) is 17.4 Å². The molecule has 0 amide bonds. The van der Waals surface area contributed by atoms with Gasteiger partial charge in [-0.1, -0.05) is 5.11 Å². The van der Waals surface area contributed by atoms with Crippen molar-refractivity contribution in [3.63, 3.8) is 0 Å². The van der Waals surface area contributed by atoms with Gasteiger partial charge in [0.2, 0.25) is 5.95 Å². The number of halogens is 2. The maximum Gasteiger partial charge on any atom is 0.219 e. The van der Waals surface area contributed by atoms with Gasteiger partial charge in [0.25, 0.3) is 0 Å². The smallest absolute Gasteiger partial charge is 0.219 e. The van der Waals surface area contributed by atoms with E-state index in [2.05, 4.69) is 15.0 Å². The highest BCUT2D eigenvalue weighted by Crippen LogP contribution is 2.24. The predicted molar refractivity (Wildman–Crippen MR) is 61.9 cm³/mol. The molecule has 1 heterocycles. The Morgan fingerprint density at radius 2 is 2.31 bits per heavy atom. The van der Waals surface area contributed by atoms with E-state index in [1.807, 2.05) is 22.6 Å². The Bertz CT molecular complexity index is 404. The minimum absolute atomic E-state index is 0.0938. The second-order valence-electron chi connectivity index (χ2n) is 2.92. The van der Waals surface area contributed by atoms with Gasteiger partial charge in [-0.2, -0.15) is 4.39 Å². The van der Waals surface area contributed by atoms with Crippen LogP contribution < -0.4 is 0 Å². The first kappa shape index (κ1) is 13.1. The van der Waals surface area contributed by atoms with Crippen molar-refractivity contribution in [2.75, 3.05) is 6.54 Å². The first-order valence-electron chi connectivity index (χ1n) is 4.24. The zero-order valence-electron chi connectivity index (χ0n) is 7.96. The van der Waals surface area contributed by atoms with E-state index in [0.717, 1.165) is 0 Å². The van der Waals surface area contributed by atoms with Crippen LogP contribution in [0.5, 0.6) is 0 Å². The van der Waals surface area contributed by atoms with E-state index in [-0.39, 0.29) is 12.1 Å². The number of nitrogens with zero attached hydrogens (tertiary/aromatic N) is 4. The van der Waals surface area contributed by atoms with Crippen molar-refractivity contribution in [3.8, 4) is 0 Å². The maximum absolute atomic E-state index is 13.3. The number of hydrogen-bond donors (Lipinski definition) is 2. The lowest BCUT2D eigenvalue weighted by Crippen LogP contribution is -2.23. The first-order chi connectivity index (χ1) is 7.57. The van der Waals surface area contributed by atoms with Crippen LogP contribution in [0, 0.1) is 9.52 Å². The molecule has 0 saturated carbocycles. The summed E-state index contributed by atoms with van der Waals surface area (Å²) < 4.78 is 13.7. The van der Waals surface area contributed by atoms with E-state index in [0.29, 0.717) is 3.57 Å². The van der Waals surface area contributed by atoms with E-state index < -0.39 is 18.2 Å². The minimum Gasteiger partial charge on any atom is -0.390 e. The van der Waals surface area contributed by atoms with Crippen molar-refractivity contribution >= 4 is 22.6 Å². The lowest BCUT2D eigenvalue weighted by atomic mass is 10.1. The Balaban J connectivity index is 2.95. The van der Waals surface area contributed by atoms with Crippen LogP contribution in [0.3, 0.4) is 0 Å². The third-order valence-electron chi connectivity index (χ3n) is 1.88. The van der Waals surface area contributed by atoms with E-state index in [1.165, 1.54) is 12.3 Å². The van der Waals surface area contributed by atoms with E-state index >= 15 is 0 Å². The maximum atomic E-state index is 13.3. The third kappa shape index (κ3) is 3.01. The van der Waals surface area contributed by atoms with Gasteiger partial charge in [-0.05, 0) is 34.2 Å². The van der Waals surface area contributed by atoms with Gasteiger partial charge in [-0.15, -0.1) is 0 Å². The molecule has 2 N–H and O–H groups in total. The fourth-order valence-corrected chi connectivity index (χ4v) is 1.80. The summed E-state index contributed by atoms with van der Waals surface area (Å²) in [7, 11) is 0. The average Bonchev–Trinajstić information content (AvgIpc) is 2.25. The molecule has 0 aliphatic carbocycles. The summed E-state index contributed by atoms with van der Waals surface area (Å²) in [5.74, 6) is -0.848. The average molecular weight is 338 g/mol. The molecule has 0 aromatic carbocycles. The molecule has 86 valence electrons. The summed E-state index contributed by atoms with van der Waals surface area (Å²) in [4.78, 5) is 5.82. The van der Waals surface area contributed by atoms with Gasteiger partial charge in [0.15, 0.2) is 0 Å². The molecule has 2 unspecified atom stereocenters. The quantitative estimate of drug-likeness (QED) is 0.286. The SMILES string of the molecule is [N-]=[N+]=NCC(O)C(O)c1c(I)ccnc1F. The van der Waals surface area contributed by atoms with Gasteiger partial charge < -0.3 is 10.2 Å². The van der Waals surface area contributed by atoms with Gasteiger partial charge in [0, 0.05) is 14.7 Å². The highest BCUT2D eigenvalue weighted by molar-refractivity contribution is 14.1. The number of aliphatic hydroxyl groups is 2. The van der Waals surface area contributed by atoms with Gasteiger partial charge >= 0.3 is 0 Å². The molecule has 0 radical (unpaired) electrons. The van der Waals surface area contributed by atoms with Crippen molar-refractivity contribution in [2.24, 2.45) is 5.11 Å². The molecule has 0 fully saturated rings. The standard InChI is InChI=1S/C8H8FIN4O2/c9-8-6(4(10)1-2-12-8)7(16)5(15)3-13-14-11/h1-2,5,7,15-16H,3H2. The first-order valence-corrected chi connectivity index (χ1v) is 5.32. The topological polar surface area (TPSA) is 102 Å². The summed E-state index contributed by atoms with van der Waals surface area (Å²) in [6.07, 6.45) is -1.57. The predicted octanol–water partition coefficient (Wildman–Crippen LogP) is 1.53. The fraction of sp³-hybridized carbons (Fsp3) is 0.375. The Labute approximate surface area is 104 Å². The molecule has 0 spiro atoms. The fourth-order valence-electron chi connectivity index (χ4n) is 1.10. The molecule has 8 heteroatoms. The van der Waals surface area contributed by atoms with Crippen LogP contribution in [-0.2, 0) is 0 Å². The molecular formula is C8H8FIN4O2. The van der Waals surface area contributed by atoms with E-state index in [1.54, 1.807) is 0 Å². The van der Waals surface area contributed by atoms with Crippen molar-refractivity contribution < 1.29 is 14.6 Å². The zero-order chi connectivity index (χ0) is 12.1. The number of hydrogen-bond acceptors (Lipinski definition) is 4. The number of azide groups is 1. The summed E-state index contributed by atoms with van der Waals surface area (Å²) in [6, 6.07) is 1.50. The van der Waals surface area contributed by atoms with Crippen molar-refractivity contribution in [3.05, 3.63) is 37.8 Å². The van der Waals surface area contributed by atoms with Crippen molar-refractivity contribution in [1.82, 2.24) is 4.98 Å². The monoisotopic (exact) mass is 338 g/mol. The number of aromatic nitrogens is 1. The molecule has 1 aromatic heterocycles. The molecular weight excluding hydrogens is 330 g/mol. The summed E-state index contributed by atoms with van der Waals surface area (Å²) >= 11 is 1.82. The lowest BCUT2D eigenvalue weighted by Gasteiger charge is -2.17. The summed E-state index contributed by atoms with van der Waals surface area (Å²) in [5, 5.41) is 22.2. The molecule has 0 bridgehead atoms. The summed E-state index contributed by atoms with van der Waals surface area (Å²) in [5.41, 5.74) is 7.96. The van der Waals surface area contributed by atoms with Crippen LogP contribution in [0.4, 0.5) is 4.39 Å². The Kier molecular flexibility index (Phi) is 4.87. The van der Waals surface area contributed by atoms with Gasteiger partial charge in [-0.3, -0.25) is 0 Å². The van der Waals surface area contributed by atoms with Gasteiger partial charge in [-0.25, -0.2) is 4.98 Å². The minimum atomic E-state index is -1.47. The van der Waals surface area contributed by atoms with Gasteiger partial charge in [0.1, 0.15) is 6.10 Å². The second-order valence-corrected chi connectivity index (χ2v) is 4.09. The lowest BCUT2D eigenvalue weighted by molar-refractivity contribution is 0.0212. The second kappa shape index (κ2) is 5.94. The molecule has 0 saturated heterocycles. The Hall–Kier alpha value is -0.960. The highest BCUT2D eigenvalue weighted by atomic mass is 127. The van der Waals surface area contributed by atoms with Crippen molar-refractivity contribution in [1.29, 1.82) is 0 Å². The van der Waals surface area contributed by atoms with Crippen LogP contribution >= 0.6 is 22.6 Å². The Morgan fingerprint density at radius 1 is 1.62 bits per heavy atom. The number of rotatable bonds is 4. The third-order valence-corrected chi connectivity index (χ3v) is 2.82. The van der Waals surface area contributed by atoms with Crippen molar-refractivity contribution in [2.45, 2.75) is 12.2 Å². The summed E-state index contributed by atoms with van der Waals surface area (Å²) in [6.45, 7) is -0.331. The molecule has 6 nitrogen and oxygen atoms in total. The molecule has 16 heavy (non-hydrogen) atoms. The molecule has 2 atom stereocenters. The molecule has 1 aromatic rings. The van der Waals surface area contributed by atoms with E-state index in [9.17, 15) is 14.6 Å². The van der Waals surface area contributed by atoms with Crippen LogP contribution in [0.2, 0.25) is 0 Å². The highest BCUT2D eigenvalue weighted by Gasteiger charge is 2.23. The molecule has 0 aliphatic rings. The van der Waals surface area contributed by atoms with Crippen LogP contribution in [0.1, 0.15) is 11.7 Å². The number of aliphatic hydroxyl groups excluding tert-OH is 2. The Morgan fingerprint density at radius 3 is 2.88 bits per heavy atom. The van der Waals surface area contributed by atoms with E-state index in [4.69, 9.17) is 5.53 Å². The van der Waals surface area contributed by atoms with Gasteiger partial charge in [0.05, 0.1) is 18.2 Å². The largest absolute Gasteiger partial charge is 0.390 e. The zero-order valence-corrected chi connectivity index (χ0v) is 10.1. The molecule has 1 rings (SSSR count). The van der Waals surface area contributed by atoms with Crippen LogP contribution in [-0.4, -0.2) is 27.8 Å². The number of pyridine rings is 1.